The molecule has 5 rings (SSSR count). The average molecular weight is 435 g/mol. The van der Waals surface area contributed by atoms with Gasteiger partial charge in [0.15, 0.2) is 0 Å². The van der Waals surface area contributed by atoms with Crippen LogP contribution in [0.4, 0.5) is 22.9 Å². The van der Waals surface area contributed by atoms with E-state index in [0.717, 1.165) is 34.3 Å². The summed E-state index contributed by atoms with van der Waals surface area (Å²) in [5.74, 6) is -0.0262. The van der Waals surface area contributed by atoms with Crippen LogP contribution in [0.3, 0.4) is 0 Å². The molecule has 2 aromatic heterocycles. The number of rotatable bonds is 5. The molecule has 164 valence electrons. The van der Waals surface area contributed by atoms with E-state index in [9.17, 15) is 9.59 Å². The molecule has 9 nitrogen and oxygen atoms in total. The van der Waals surface area contributed by atoms with Crippen LogP contribution >= 0.6 is 0 Å². The zero-order valence-electron chi connectivity index (χ0n) is 20.8. The quantitative estimate of drug-likeness (QED) is 0.570. The number of nitrogens with zero attached hydrogens (tertiary/aromatic N) is 4. The Morgan fingerprint density at radius 1 is 1.25 bits per heavy atom. The van der Waals surface area contributed by atoms with Crippen molar-refractivity contribution in [2.24, 2.45) is 12.9 Å². The van der Waals surface area contributed by atoms with Gasteiger partial charge in [-0.25, -0.2) is 4.98 Å². The number of aryl methyl sites for hydroxylation is 1. The van der Waals surface area contributed by atoms with Crippen molar-refractivity contribution >= 4 is 34.7 Å². The van der Waals surface area contributed by atoms with Gasteiger partial charge in [0.2, 0.25) is 5.91 Å². The number of anilines is 4. The van der Waals surface area contributed by atoms with Crippen molar-refractivity contribution in [3.8, 4) is 11.3 Å². The molecular weight excluding hydrogens is 406 g/mol. The Morgan fingerprint density at radius 2 is 2.09 bits per heavy atom. The predicted molar refractivity (Wildman–Crippen MR) is 123 cm³/mol. The van der Waals surface area contributed by atoms with Crippen molar-refractivity contribution in [1.29, 1.82) is 0 Å². The highest BCUT2D eigenvalue weighted by atomic mass is 16.2. The Balaban J connectivity index is 1.55. The van der Waals surface area contributed by atoms with Crippen molar-refractivity contribution < 1.29 is 13.7 Å². The molecule has 1 aliphatic carbocycles. The lowest BCUT2D eigenvalue weighted by Crippen LogP contribution is -2.23. The minimum absolute atomic E-state index is 0.0190. The van der Waals surface area contributed by atoms with E-state index in [1.54, 1.807) is 12.3 Å². The van der Waals surface area contributed by atoms with E-state index in [0.29, 0.717) is 35.0 Å². The summed E-state index contributed by atoms with van der Waals surface area (Å²) in [5.41, 5.74) is 4.52. The first-order chi connectivity index (χ1) is 16.7. The minimum Gasteiger partial charge on any atom is -0.368 e. The lowest BCUT2D eigenvalue weighted by molar-refractivity contribution is -0.117. The summed E-state index contributed by atoms with van der Waals surface area (Å²) in [7, 11) is 3.45. The third kappa shape index (κ3) is 3.55. The number of hydrogen-bond donors (Lipinski definition) is 3. The van der Waals surface area contributed by atoms with Gasteiger partial charge in [-0.2, -0.15) is 5.10 Å². The number of aromatic nitrogens is 3. The van der Waals surface area contributed by atoms with Gasteiger partial charge in [-0.15, -0.1) is 0 Å². The van der Waals surface area contributed by atoms with Crippen LogP contribution in [0, 0.1) is 5.92 Å². The second-order valence-corrected chi connectivity index (χ2v) is 8.09. The first kappa shape index (κ1) is 16.8. The number of pyridine rings is 1. The Labute approximate surface area is 190 Å². The maximum absolute atomic E-state index is 12.5. The van der Waals surface area contributed by atoms with E-state index < -0.39 is 6.98 Å². The second-order valence-electron chi connectivity index (χ2n) is 8.09. The molecule has 1 aromatic carbocycles. The SMILES string of the molecule is [2H]C([2H])([2H])n1cc2c(n1)-c1cccc(Nc3cc(NC(=O)C4CC4)ncc3C(=O)NC)c1N(C)C2. The number of para-hydroxylation sites is 1. The number of fused-ring (bicyclic) bond motifs is 3. The van der Waals surface area contributed by atoms with Crippen LogP contribution in [0.1, 0.15) is 32.9 Å². The van der Waals surface area contributed by atoms with E-state index in [-0.39, 0.29) is 17.7 Å². The summed E-state index contributed by atoms with van der Waals surface area (Å²) < 4.78 is 24.1. The van der Waals surface area contributed by atoms with Crippen molar-refractivity contribution in [2.45, 2.75) is 19.4 Å². The molecule has 0 radical (unpaired) electrons. The highest BCUT2D eigenvalue weighted by molar-refractivity contribution is 6.02. The number of hydrogen-bond acceptors (Lipinski definition) is 6. The van der Waals surface area contributed by atoms with Gasteiger partial charge in [0.25, 0.3) is 5.91 Å². The Kier molecular flexibility index (Phi) is 4.02. The first-order valence-electron chi connectivity index (χ1n) is 11.9. The largest absolute Gasteiger partial charge is 0.368 e. The normalized spacial score (nSPS) is 16.2. The maximum atomic E-state index is 12.5. The summed E-state index contributed by atoms with van der Waals surface area (Å²) in [5, 5.41) is 13.1. The lowest BCUT2D eigenvalue weighted by Gasteiger charge is -2.29. The van der Waals surface area contributed by atoms with Crippen molar-refractivity contribution in [3.05, 3.63) is 47.8 Å². The van der Waals surface area contributed by atoms with E-state index in [1.807, 2.05) is 30.1 Å². The standard InChI is InChI=1S/C23H25N7O2/c1-24-23(32)16-10-25-19(27-22(31)13-7-8-13)9-18(16)26-17-6-4-5-15-20-14(12-30(3)28-20)11-29(2)21(15)17/h4-6,9-10,12-13H,7-8,11H2,1-3H3,(H,24,32)(H2,25,26,27,31)/i3D3. The molecule has 3 aromatic rings. The molecular formula is C23H25N7O2. The van der Waals surface area contributed by atoms with Gasteiger partial charge in [0.1, 0.15) is 5.82 Å². The van der Waals surface area contributed by atoms with E-state index in [4.69, 9.17) is 4.11 Å². The van der Waals surface area contributed by atoms with Gasteiger partial charge in [0, 0.05) is 67.2 Å². The number of carbonyl (C=O) groups is 2. The molecule has 0 spiro atoms. The molecule has 0 saturated heterocycles. The molecule has 0 bridgehead atoms. The Hall–Kier alpha value is -3.88. The molecule has 0 unspecified atom stereocenters. The molecule has 2 amide bonds. The molecule has 3 N–H and O–H groups in total. The number of benzene rings is 1. The van der Waals surface area contributed by atoms with Gasteiger partial charge in [-0.3, -0.25) is 14.3 Å². The monoisotopic (exact) mass is 434 g/mol. The van der Waals surface area contributed by atoms with Gasteiger partial charge in [-0.05, 0) is 18.9 Å². The molecule has 1 saturated carbocycles. The molecule has 0 atom stereocenters. The number of amides is 2. The topological polar surface area (TPSA) is 104 Å². The van der Waals surface area contributed by atoms with Crippen LogP contribution in [0.5, 0.6) is 0 Å². The molecule has 1 aliphatic heterocycles. The third-order valence-electron chi connectivity index (χ3n) is 5.71. The highest BCUT2D eigenvalue weighted by Gasteiger charge is 2.30. The predicted octanol–water partition coefficient (Wildman–Crippen LogP) is 2.88. The fourth-order valence-electron chi connectivity index (χ4n) is 4.00. The molecule has 2 aliphatic rings. The Morgan fingerprint density at radius 3 is 2.84 bits per heavy atom. The first-order valence-corrected chi connectivity index (χ1v) is 10.4. The number of nitrogens with one attached hydrogen (secondary N) is 3. The van der Waals surface area contributed by atoms with E-state index in [2.05, 4.69) is 26.0 Å². The minimum atomic E-state index is -2.37. The zero-order valence-corrected chi connectivity index (χ0v) is 17.8. The summed E-state index contributed by atoms with van der Waals surface area (Å²) in [6.45, 7) is -1.90. The van der Waals surface area contributed by atoms with Crippen LogP contribution in [0.15, 0.2) is 36.7 Å². The van der Waals surface area contributed by atoms with Crippen molar-refractivity contribution in [3.63, 3.8) is 0 Å². The summed E-state index contributed by atoms with van der Waals surface area (Å²) in [4.78, 5) is 31.0. The second kappa shape index (κ2) is 7.67. The van der Waals surface area contributed by atoms with Gasteiger partial charge in [-0.1, -0.05) is 12.1 Å². The van der Waals surface area contributed by atoms with Gasteiger partial charge >= 0.3 is 0 Å². The van der Waals surface area contributed by atoms with E-state index in [1.165, 1.54) is 13.2 Å². The Bertz CT molecular complexity index is 1330. The lowest BCUT2D eigenvalue weighted by atomic mass is 9.99. The molecule has 1 fully saturated rings. The van der Waals surface area contributed by atoms with Crippen LogP contribution in [-0.4, -0.2) is 40.7 Å². The average Bonchev–Trinajstić information content (AvgIpc) is 3.57. The van der Waals surface area contributed by atoms with Gasteiger partial charge in [0.05, 0.1) is 28.3 Å². The fourth-order valence-corrected chi connectivity index (χ4v) is 4.00. The van der Waals surface area contributed by atoms with Gasteiger partial charge < -0.3 is 20.9 Å². The van der Waals surface area contributed by atoms with Crippen molar-refractivity contribution in [2.75, 3.05) is 29.6 Å². The third-order valence-corrected chi connectivity index (χ3v) is 5.71. The number of carbonyl (C=O) groups excluding carboxylic acids is 2. The molecule has 3 heterocycles. The summed E-state index contributed by atoms with van der Waals surface area (Å²) in [6.07, 6.45) is 4.73. The summed E-state index contributed by atoms with van der Waals surface area (Å²) in [6, 6.07) is 7.24. The summed E-state index contributed by atoms with van der Waals surface area (Å²) >= 11 is 0. The van der Waals surface area contributed by atoms with Crippen LogP contribution in [-0.2, 0) is 18.3 Å². The fraction of sp³-hybridized carbons (Fsp3) is 0.304. The van der Waals surface area contributed by atoms with Crippen molar-refractivity contribution in [1.82, 2.24) is 20.1 Å². The maximum Gasteiger partial charge on any atom is 0.254 e. The van der Waals surface area contributed by atoms with Crippen LogP contribution < -0.4 is 20.9 Å². The highest BCUT2D eigenvalue weighted by Crippen LogP contribution is 2.43. The van der Waals surface area contributed by atoms with Crippen LogP contribution in [0.25, 0.3) is 11.3 Å². The molecule has 32 heavy (non-hydrogen) atoms. The van der Waals surface area contributed by atoms with Crippen LogP contribution in [0.2, 0.25) is 0 Å². The van der Waals surface area contributed by atoms with E-state index >= 15 is 0 Å². The zero-order chi connectivity index (χ0) is 24.9. The molecule has 9 heteroatoms. The smallest absolute Gasteiger partial charge is 0.254 e.